The Hall–Kier alpha value is -3.05. The number of halogens is 1. The van der Waals surface area contributed by atoms with Gasteiger partial charge in [-0.05, 0) is 30.2 Å². The van der Waals surface area contributed by atoms with Gasteiger partial charge in [-0.25, -0.2) is 0 Å². The van der Waals surface area contributed by atoms with E-state index in [1.165, 1.54) is 6.26 Å². The molecule has 2 aliphatic heterocycles. The number of amides is 2. The fourth-order valence-electron chi connectivity index (χ4n) is 3.98. The predicted octanol–water partition coefficient (Wildman–Crippen LogP) is 3.76. The zero-order chi connectivity index (χ0) is 21.3. The topological polar surface area (TPSA) is 58.6 Å². The first-order valence-corrected chi connectivity index (χ1v) is 10.2. The molecule has 2 heterocycles. The molecule has 0 saturated carbocycles. The van der Waals surface area contributed by atoms with Gasteiger partial charge >= 0.3 is 0 Å². The minimum Gasteiger partial charge on any atom is -0.487 e. The summed E-state index contributed by atoms with van der Waals surface area (Å²) in [6.07, 6.45) is 3.03. The number of carbonyl (C=O) groups is 2. The molecule has 2 unspecified atom stereocenters. The van der Waals surface area contributed by atoms with Crippen LogP contribution in [0.25, 0.3) is 0 Å². The van der Waals surface area contributed by atoms with Crippen molar-refractivity contribution in [3.63, 3.8) is 0 Å². The van der Waals surface area contributed by atoms with E-state index in [0.29, 0.717) is 23.7 Å². The number of hydrogen-bond donors (Lipinski definition) is 1. The maximum absolute atomic E-state index is 13.2. The lowest BCUT2D eigenvalue weighted by molar-refractivity contribution is -0.132. The Balaban J connectivity index is 1.49. The molecule has 6 heteroatoms. The van der Waals surface area contributed by atoms with Crippen LogP contribution in [0, 0.1) is 12.8 Å². The molecular weight excluding hydrogens is 400 g/mol. The van der Waals surface area contributed by atoms with Crippen molar-refractivity contribution in [3.8, 4) is 0 Å². The van der Waals surface area contributed by atoms with Crippen LogP contribution in [0.3, 0.4) is 0 Å². The van der Waals surface area contributed by atoms with Crippen molar-refractivity contribution in [2.75, 3.05) is 6.54 Å². The lowest BCUT2D eigenvalue weighted by atomic mass is 9.86. The van der Waals surface area contributed by atoms with Crippen LogP contribution >= 0.6 is 11.6 Å². The van der Waals surface area contributed by atoms with Crippen molar-refractivity contribution >= 4 is 23.4 Å². The van der Waals surface area contributed by atoms with E-state index in [4.69, 9.17) is 16.3 Å². The van der Waals surface area contributed by atoms with E-state index in [9.17, 15) is 9.59 Å². The SMILES string of the molecule is C=CC12CN(Cc3ccc(C)cc3)C(=O)C1C(C(=O)NCc1ccccc1Cl)=CO2. The van der Waals surface area contributed by atoms with E-state index in [-0.39, 0.29) is 18.4 Å². The predicted molar refractivity (Wildman–Crippen MR) is 115 cm³/mol. The van der Waals surface area contributed by atoms with Gasteiger partial charge in [0.1, 0.15) is 5.92 Å². The zero-order valence-corrected chi connectivity index (χ0v) is 17.5. The maximum atomic E-state index is 13.2. The highest BCUT2D eigenvalue weighted by Gasteiger charge is 2.58. The fourth-order valence-corrected chi connectivity index (χ4v) is 4.19. The molecule has 1 fully saturated rings. The molecule has 2 amide bonds. The minimum atomic E-state index is -0.918. The molecule has 2 aromatic carbocycles. The molecule has 0 spiro atoms. The Kier molecular flexibility index (Phi) is 5.39. The third-order valence-electron chi connectivity index (χ3n) is 5.70. The van der Waals surface area contributed by atoms with Crippen LogP contribution in [0.1, 0.15) is 16.7 Å². The lowest BCUT2D eigenvalue weighted by Crippen LogP contribution is -2.38. The number of nitrogens with zero attached hydrogens (tertiary/aromatic N) is 1. The number of rotatable bonds is 6. The first kappa shape index (κ1) is 20.2. The van der Waals surface area contributed by atoms with Crippen LogP contribution in [0.2, 0.25) is 5.02 Å². The third-order valence-corrected chi connectivity index (χ3v) is 6.07. The Morgan fingerprint density at radius 2 is 2.03 bits per heavy atom. The molecule has 1 saturated heterocycles. The van der Waals surface area contributed by atoms with Crippen molar-refractivity contribution in [1.29, 1.82) is 0 Å². The van der Waals surface area contributed by atoms with Gasteiger partial charge in [0.25, 0.3) is 5.91 Å². The van der Waals surface area contributed by atoms with Crippen molar-refractivity contribution in [3.05, 3.63) is 94.7 Å². The maximum Gasteiger partial charge on any atom is 0.251 e. The molecule has 2 atom stereocenters. The van der Waals surface area contributed by atoms with E-state index < -0.39 is 11.5 Å². The lowest BCUT2D eigenvalue weighted by Gasteiger charge is -2.24. The second-order valence-corrected chi connectivity index (χ2v) is 8.14. The van der Waals surface area contributed by atoms with Gasteiger partial charge in [0, 0.05) is 18.1 Å². The van der Waals surface area contributed by atoms with Crippen molar-refractivity contribution in [2.24, 2.45) is 5.92 Å². The average molecular weight is 423 g/mol. The highest BCUT2D eigenvalue weighted by Crippen LogP contribution is 2.43. The number of likely N-dealkylation sites (tertiary alicyclic amines) is 1. The molecule has 4 rings (SSSR count). The molecule has 2 aromatic rings. The van der Waals surface area contributed by atoms with Gasteiger partial charge in [0.2, 0.25) is 5.91 Å². The van der Waals surface area contributed by atoms with Gasteiger partial charge in [-0.2, -0.15) is 0 Å². The minimum absolute atomic E-state index is 0.132. The van der Waals surface area contributed by atoms with Crippen molar-refractivity contribution in [2.45, 2.75) is 25.6 Å². The summed E-state index contributed by atoms with van der Waals surface area (Å²) in [5.74, 6) is -1.17. The standard InChI is InChI=1S/C24H23ClN2O3/c1-3-24-15-27(13-17-10-8-16(2)9-11-17)23(29)21(24)19(14-30-24)22(28)26-12-18-6-4-5-7-20(18)25/h3-11,14,21H,1,12-13,15H2,2H3,(H,26,28). The molecule has 30 heavy (non-hydrogen) atoms. The fraction of sp³-hybridized carbons (Fsp3) is 0.250. The van der Waals surface area contributed by atoms with E-state index in [1.54, 1.807) is 17.0 Å². The third kappa shape index (κ3) is 3.61. The number of nitrogens with one attached hydrogen (secondary N) is 1. The molecule has 154 valence electrons. The highest BCUT2D eigenvalue weighted by molar-refractivity contribution is 6.31. The van der Waals surface area contributed by atoms with Gasteiger partial charge < -0.3 is 15.0 Å². The summed E-state index contributed by atoms with van der Waals surface area (Å²) in [5, 5.41) is 3.43. The van der Waals surface area contributed by atoms with E-state index >= 15 is 0 Å². The quantitative estimate of drug-likeness (QED) is 0.721. The van der Waals surface area contributed by atoms with Crippen LogP contribution in [-0.2, 0) is 27.4 Å². The van der Waals surface area contributed by atoms with Gasteiger partial charge in [-0.15, -0.1) is 0 Å². The van der Waals surface area contributed by atoms with E-state index in [0.717, 1.165) is 16.7 Å². The van der Waals surface area contributed by atoms with Gasteiger partial charge in [-0.3, -0.25) is 9.59 Å². The van der Waals surface area contributed by atoms with Gasteiger partial charge in [-0.1, -0.05) is 66.2 Å². The molecular formula is C24H23ClN2O3. The molecule has 0 radical (unpaired) electrons. The number of fused-ring (bicyclic) bond motifs is 1. The van der Waals surface area contributed by atoms with Crippen LogP contribution in [0.15, 0.2) is 73.0 Å². The second kappa shape index (κ2) is 8.00. The highest BCUT2D eigenvalue weighted by atomic mass is 35.5. The Labute approximate surface area is 181 Å². The first-order chi connectivity index (χ1) is 14.4. The van der Waals surface area contributed by atoms with Crippen LogP contribution in [0.4, 0.5) is 0 Å². The van der Waals surface area contributed by atoms with Crippen LogP contribution in [0.5, 0.6) is 0 Å². The van der Waals surface area contributed by atoms with Crippen LogP contribution < -0.4 is 5.32 Å². The van der Waals surface area contributed by atoms with Crippen molar-refractivity contribution in [1.82, 2.24) is 10.2 Å². The molecule has 0 aromatic heterocycles. The largest absolute Gasteiger partial charge is 0.487 e. The number of hydrogen-bond acceptors (Lipinski definition) is 3. The monoisotopic (exact) mass is 422 g/mol. The summed E-state index contributed by atoms with van der Waals surface area (Å²) in [6.45, 7) is 6.98. The molecule has 0 aliphatic carbocycles. The smallest absolute Gasteiger partial charge is 0.251 e. The number of carbonyl (C=O) groups excluding carboxylic acids is 2. The summed E-state index contributed by atoms with van der Waals surface area (Å²) < 4.78 is 5.85. The molecule has 0 bridgehead atoms. The summed E-state index contributed by atoms with van der Waals surface area (Å²) >= 11 is 6.17. The number of aryl methyl sites for hydroxylation is 1. The van der Waals surface area contributed by atoms with Crippen molar-refractivity contribution < 1.29 is 14.3 Å². The molecule has 2 aliphatic rings. The number of ether oxygens (including phenoxy) is 1. The zero-order valence-electron chi connectivity index (χ0n) is 16.7. The summed E-state index contributed by atoms with van der Waals surface area (Å²) in [5.41, 5.74) is 2.40. The Morgan fingerprint density at radius 1 is 1.30 bits per heavy atom. The van der Waals surface area contributed by atoms with Crippen LogP contribution in [-0.4, -0.2) is 28.9 Å². The normalized spacial score (nSPS) is 22.3. The van der Waals surface area contributed by atoms with E-state index in [2.05, 4.69) is 11.9 Å². The summed E-state index contributed by atoms with van der Waals surface area (Å²) in [7, 11) is 0. The first-order valence-electron chi connectivity index (χ1n) is 9.81. The molecule has 1 N–H and O–H groups in total. The van der Waals surface area contributed by atoms with E-state index in [1.807, 2.05) is 49.4 Å². The van der Waals surface area contributed by atoms with Gasteiger partial charge in [0.05, 0.1) is 18.4 Å². The Morgan fingerprint density at radius 3 is 2.73 bits per heavy atom. The summed E-state index contributed by atoms with van der Waals surface area (Å²) in [6, 6.07) is 15.4. The molecule has 5 nitrogen and oxygen atoms in total. The second-order valence-electron chi connectivity index (χ2n) is 7.74. The Bertz CT molecular complexity index is 1030. The summed E-state index contributed by atoms with van der Waals surface area (Å²) in [4.78, 5) is 27.8. The van der Waals surface area contributed by atoms with Gasteiger partial charge in [0.15, 0.2) is 5.60 Å². The average Bonchev–Trinajstić information content (AvgIpc) is 3.25. The number of benzene rings is 2.